The highest BCUT2D eigenvalue weighted by molar-refractivity contribution is 7.15. The first kappa shape index (κ1) is 13.2. The molecule has 2 nitrogen and oxygen atoms in total. The summed E-state index contributed by atoms with van der Waals surface area (Å²) in [7, 11) is 0. The fourth-order valence-corrected chi connectivity index (χ4v) is 4.35. The summed E-state index contributed by atoms with van der Waals surface area (Å²) in [6, 6.07) is 2.61. The van der Waals surface area contributed by atoms with Gasteiger partial charge in [-0.2, -0.15) is 0 Å². The van der Waals surface area contributed by atoms with Crippen molar-refractivity contribution in [3.8, 4) is 0 Å². The minimum absolute atomic E-state index is 0.0687. The lowest BCUT2D eigenvalue weighted by molar-refractivity contribution is 0.608. The predicted octanol–water partition coefficient (Wildman–Crippen LogP) is 4.64. The van der Waals surface area contributed by atoms with Crippen molar-refractivity contribution in [1.29, 1.82) is 0 Å². The molecule has 3 rings (SSSR count). The molecule has 0 aliphatic heterocycles. The van der Waals surface area contributed by atoms with Gasteiger partial charge in [0.2, 0.25) is 0 Å². The number of hydrogen-bond donors (Lipinski definition) is 1. The molecule has 1 aliphatic carbocycles. The van der Waals surface area contributed by atoms with E-state index in [-0.39, 0.29) is 5.92 Å². The maximum absolute atomic E-state index is 13.3. The average Bonchev–Trinajstić information content (AvgIpc) is 2.68. The number of aromatic nitrogens is 1. The normalized spacial score (nSPS) is 18.4. The summed E-state index contributed by atoms with van der Waals surface area (Å²) in [5.74, 6) is -0.349. The highest BCUT2D eigenvalue weighted by Gasteiger charge is 2.29. The molecule has 0 saturated carbocycles. The van der Waals surface area contributed by atoms with Gasteiger partial charge in [-0.05, 0) is 37.0 Å². The Bertz CT molecular complexity index is 619. The van der Waals surface area contributed by atoms with Crippen molar-refractivity contribution in [2.45, 2.75) is 25.2 Å². The lowest BCUT2D eigenvalue weighted by Crippen LogP contribution is -2.10. The van der Waals surface area contributed by atoms with E-state index in [2.05, 4.69) is 4.98 Å². The van der Waals surface area contributed by atoms with E-state index in [1.807, 2.05) is 0 Å². The molecule has 0 fully saturated rings. The second kappa shape index (κ2) is 4.93. The highest BCUT2D eigenvalue weighted by atomic mass is 35.5. The van der Waals surface area contributed by atoms with Gasteiger partial charge in [-0.15, -0.1) is 11.3 Å². The molecule has 19 heavy (non-hydrogen) atoms. The van der Waals surface area contributed by atoms with Gasteiger partial charge in [-0.3, -0.25) is 0 Å². The van der Waals surface area contributed by atoms with Crippen LogP contribution in [0.25, 0.3) is 0 Å². The Hall–Kier alpha value is -0.840. The number of rotatable bonds is 1. The van der Waals surface area contributed by atoms with Crippen molar-refractivity contribution in [2.75, 3.05) is 5.73 Å². The maximum atomic E-state index is 13.3. The van der Waals surface area contributed by atoms with E-state index in [4.69, 9.17) is 28.9 Å². The third kappa shape index (κ3) is 2.33. The van der Waals surface area contributed by atoms with Crippen LogP contribution < -0.4 is 5.73 Å². The van der Waals surface area contributed by atoms with Gasteiger partial charge >= 0.3 is 0 Å². The molecule has 1 aromatic carbocycles. The van der Waals surface area contributed by atoms with Gasteiger partial charge in [0.25, 0.3) is 0 Å². The zero-order valence-electron chi connectivity index (χ0n) is 9.92. The summed E-state index contributed by atoms with van der Waals surface area (Å²) in [4.78, 5) is 5.45. The number of benzene rings is 1. The summed E-state index contributed by atoms with van der Waals surface area (Å²) in [5.41, 5.74) is 7.59. The fourth-order valence-electron chi connectivity index (χ4n) is 2.60. The lowest BCUT2D eigenvalue weighted by Gasteiger charge is -2.23. The molecule has 0 spiro atoms. The molecular formula is C13H11Cl2FN2S. The topological polar surface area (TPSA) is 38.9 Å². The number of thiazole rings is 1. The zero-order chi connectivity index (χ0) is 13.6. The first-order chi connectivity index (χ1) is 9.06. The second-order valence-corrected chi connectivity index (χ2v) is 6.47. The molecule has 100 valence electrons. The first-order valence-corrected chi connectivity index (χ1v) is 7.53. The Morgan fingerprint density at radius 3 is 2.68 bits per heavy atom. The van der Waals surface area contributed by atoms with Crippen molar-refractivity contribution in [3.63, 3.8) is 0 Å². The van der Waals surface area contributed by atoms with E-state index in [1.165, 1.54) is 23.5 Å². The van der Waals surface area contributed by atoms with Gasteiger partial charge in [-0.1, -0.05) is 23.2 Å². The quantitative estimate of drug-likeness (QED) is 0.832. The van der Waals surface area contributed by atoms with Crippen LogP contribution in [0.15, 0.2) is 12.1 Å². The van der Waals surface area contributed by atoms with E-state index >= 15 is 0 Å². The van der Waals surface area contributed by atoms with Crippen LogP contribution >= 0.6 is 34.5 Å². The van der Waals surface area contributed by atoms with E-state index in [0.29, 0.717) is 15.2 Å². The second-order valence-electron chi connectivity index (χ2n) is 4.59. The van der Waals surface area contributed by atoms with Crippen molar-refractivity contribution in [3.05, 3.63) is 44.1 Å². The molecule has 0 saturated heterocycles. The molecule has 1 aromatic heterocycles. The molecule has 6 heteroatoms. The zero-order valence-corrected chi connectivity index (χ0v) is 12.2. The van der Waals surface area contributed by atoms with E-state index in [9.17, 15) is 4.39 Å². The SMILES string of the molecule is Nc1nc2c(s1)C(c1c(Cl)cc(F)cc1Cl)CCC2. The van der Waals surface area contributed by atoms with E-state index in [0.717, 1.165) is 35.4 Å². The van der Waals surface area contributed by atoms with Crippen LogP contribution in [0.5, 0.6) is 0 Å². The van der Waals surface area contributed by atoms with Crippen molar-refractivity contribution in [1.82, 2.24) is 4.98 Å². The van der Waals surface area contributed by atoms with Crippen molar-refractivity contribution in [2.24, 2.45) is 0 Å². The largest absolute Gasteiger partial charge is 0.375 e. The first-order valence-electron chi connectivity index (χ1n) is 5.95. The van der Waals surface area contributed by atoms with Crippen molar-refractivity contribution >= 4 is 39.7 Å². The summed E-state index contributed by atoms with van der Waals surface area (Å²) in [5, 5.41) is 1.30. The number of anilines is 1. The fraction of sp³-hybridized carbons (Fsp3) is 0.308. The Kier molecular flexibility index (Phi) is 3.41. The third-order valence-electron chi connectivity index (χ3n) is 3.36. The molecule has 2 aromatic rings. The highest BCUT2D eigenvalue weighted by Crippen LogP contribution is 2.45. The number of aryl methyl sites for hydroxylation is 1. The van der Waals surface area contributed by atoms with Crippen LogP contribution in [0.2, 0.25) is 10.0 Å². The standard InChI is InChI=1S/C13H11Cl2FN2S/c14-8-4-6(16)5-9(15)11(8)7-2-1-3-10-12(7)19-13(17)18-10/h4-5,7H,1-3H2,(H2,17,18). The molecular weight excluding hydrogens is 306 g/mol. The Labute approximate surface area is 124 Å². The van der Waals surface area contributed by atoms with Gasteiger partial charge in [0.05, 0.1) is 5.69 Å². The Morgan fingerprint density at radius 2 is 2.00 bits per heavy atom. The maximum Gasteiger partial charge on any atom is 0.180 e. The molecule has 0 bridgehead atoms. The molecule has 2 N–H and O–H groups in total. The average molecular weight is 317 g/mol. The summed E-state index contributed by atoms with van der Waals surface area (Å²) in [6.45, 7) is 0. The third-order valence-corrected chi connectivity index (χ3v) is 5.03. The smallest absolute Gasteiger partial charge is 0.180 e. The van der Waals surface area contributed by atoms with E-state index < -0.39 is 5.82 Å². The number of hydrogen-bond acceptors (Lipinski definition) is 3. The van der Waals surface area contributed by atoms with Gasteiger partial charge in [0.15, 0.2) is 5.13 Å². The lowest BCUT2D eigenvalue weighted by atomic mass is 9.86. The van der Waals surface area contributed by atoms with Crippen LogP contribution in [0, 0.1) is 5.82 Å². The molecule has 1 unspecified atom stereocenters. The van der Waals surface area contributed by atoms with Gasteiger partial charge < -0.3 is 5.73 Å². The minimum atomic E-state index is -0.418. The number of nitrogen functional groups attached to an aromatic ring is 1. The molecule has 1 atom stereocenters. The molecule has 0 radical (unpaired) electrons. The number of nitrogens with two attached hydrogens (primary N) is 1. The van der Waals surface area contributed by atoms with Gasteiger partial charge in [-0.25, -0.2) is 9.37 Å². The van der Waals surface area contributed by atoms with Gasteiger partial charge in [0, 0.05) is 20.8 Å². The molecule has 1 heterocycles. The molecule has 1 aliphatic rings. The van der Waals surface area contributed by atoms with Crippen LogP contribution in [0.1, 0.15) is 34.9 Å². The predicted molar refractivity (Wildman–Crippen MR) is 77.7 cm³/mol. The van der Waals surface area contributed by atoms with Crippen LogP contribution in [-0.4, -0.2) is 4.98 Å². The Balaban J connectivity index is 2.14. The Morgan fingerprint density at radius 1 is 1.32 bits per heavy atom. The van der Waals surface area contributed by atoms with E-state index in [1.54, 1.807) is 0 Å². The monoisotopic (exact) mass is 316 g/mol. The van der Waals surface area contributed by atoms with Crippen LogP contribution in [-0.2, 0) is 6.42 Å². The molecule has 0 amide bonds. The van der Waals surface area contributed by atoms with Crippen LogP contribution in [0.4, 0.5) is 9.52 Å². The number of nitrogens with zero attached hydrogens (tertiary/aromatic N) is 1. The van der Waals surface area contributed by atoms with Crippen LogP contribution in [0.3, 0.4) is 0 Å². The van der Waals surface area contributed by atoms with Crippen molar-refractivity contribution < 1.29 is 4.39 Å². The minimum Gasteiger partial charge on any atom is -0.375 e. The summed E-state index contributed by atoms with van der Waals surface area (Å²) in [6.07, 6.45) is 2.86. The van der Waals surface area contributed by atoms with Gasteiger partial charge in [0.1, 0.15) is 5.82 Å². The number of halogens is 3. The number of fused-ring (bicyclic) bond motifs is 1. The summed E-state index contributed by atoms with van der Waals surface area (Å²) < 4.78 is 13.3. The summed E-state index contributed by atoms with van der Waals surface area (Å²) >= 11 is 13.8.